The van der Waals surface area contributed by atoms with E-state index < -0.39 is 23.5 Å². The summed E-state index contributed by atoms with van der Waals surface area (Å²) in [5, 5.41) is 9.05. The Kier molecular flexibility index (Phi) is 4.42. The molecule has 0 spiro atoms. The molecule has 0 saturated carbocycles. The number of phenols is 1. The van der Waals surface area contributed by atoms with Crippen molar-refractivity contribution in [2.45, 2.75) is 19.1 Å². The van der Waals surface area contributed by atoms with Crippen molar-refractivity contribution in [2.24, 2.45) is 5.73 Å². The van der Waals surface area contributed by atoms with Crippen molar-refractivity contribution in [3.8, 4) is 5.75 Å². The van der Waals surface area contributed by atoms with Crippen molar-refractivity contribution < 1.29 is 18.3 Å². The van der Waals surface area contributed by atoms with Gasteiger partial charge in [-0.3, -0.25) is 0 Å². The quantitative estimate of drug-likeness (QED) is 0.794. The van der Waals surface area contributed by atoms with Crippen molar-refractivity contribution in [3.63, 3.8) is 0 Å². The molecule has 0 fully saturated rings. The summed E-state index contributed by atoms with van der Waals surface area (Å²) in [4.78, 5) is 0. The first kappa shape index (κ1) is 14.1. The molecule has 0 saturated heterocycles. The van der Waals surface area contributed by atoms with Crippen LogP contribution in [-0.2, 0) is 6.18 Å². The lowest BCUT2D eigenvalue weighted by Gasteiger charge is -2.11. The van der Waals surface area contributed by atoms with Gasteiger partial charge in [-0.05, 0) is 30.7 Å². The van der Waals surface area contributed by atoms with E-state index in [0.717, 1.165) is 6.07 Å². The SMILES string of the molecule is C[C@@H](N)c1cc(O)cc(C(F)(F)F)c1.Cl. The van der Waals surface area contributed by atoms with Gasteiger partial charge in [0.25, 0.3) is 0 Å². The highest BCUT2D eigenvalue weighted by atomic mass is 35.5. The number of nitrogens with two attached hydrogens (primary N) is 1. The Morgan fingerprint density at radius 1 is 1.27 bits per heavy atom. The minimum atomic E-state index is -4.46. The number of halogens is 4. The molecular formula is C9H11ClF3NO. The molecule has 0 unspecified atom stereocenters. The lowest BCUT2D eigenvalue weighted by molar-refractivity contribution is -0.137. The number of rotatable bonds is 1. The maximum absolute atomic E-state index is 12.3. The standard InChI is InChI=1S/C9H10F3NO.ClH/c1-5(13)6-2-7(9(10,11)12)4-8(14)3-6;/h2-5,14H,13H2,1H3;1H/t5-;/m1./s1. The van der Waals surface area contributed by atoms with Crippen molar-refractivity contribution in [1.29, 1.82) is 0 Å². The van der Waals surface area contributed by atoms with E-state index >= 15 is 0 Å². The second-order valence-electron chi connectivity index (χ2n) is 3.10. The van der Waals surface area contributed by atoms with Crippen LogP contribution >= 0.6 is 12.4 Å². The molecule has 0 aliphatic carbocycles. The summed E-state index contributed by atoms with van der Waals surface area (Å²) in [6, 6.07) is 2.29. The number of phenolic OH excluding ortho intramolecular Hbond substituents is 1. The molecule has 0 aliphatic rings. The number of aromatic hydroxyl groups is 1. The number of hydrogen-bond donors (Lipinski definition) is 2. The van der Waals surface area contributed by atoms with Crippen LogP contribution in [0.3, 0.4) is 0 Å². The maximum atomic E-state index is 12.3. The number of benzene rings is 1. The molecule has 86 valence electrons. The molecule has 0 aliphatic heterocycles. The van der Waals surface area contributed by atoms with Crippen LogP contribution in [0.25, 0.3) is 0 Å². The van der Waals surface area contributed by atoms with Crippen LogP contribution in [0.4, 0.5) is 13.2 Å². The predicted molar refractivity (Wildman–Crippen MR) is 53.0 cm³/mol. The van der Waals surface area contributed by atoms with Crippen molar-refractivity contribution in [3.05, 3.63) is 29.3 Å². The smallest absolute Gasteiger partial charge is 0.416 e. The van der Waals surface area contributed by atoms with E-state index in [2.05, 4.69) is 0 Å². The third-order valence-electron chi connectivity index (χ3n) is 1.79. The number of alkyl halides is 3. The first-order chi connectivity index (χ1) is 6.30. The molecule has 15 heavy (non-hydrogen) atoms. The minimum Gasteiger partial charge on any atom is -0.508 e. The highest BCUT2D eigenvalue weighted by Gasteiger charge is 2.31. The van der Waals surface area contributed by atoms with Crippen LogP contribution < -0.4 is 5.73 Å². The summed E-state index contributed by atoms with van der Waals surface area (Å²) in [5.74, 6) is -0.424. The topological polar surface area (TPSA) is 46.2 Å². The van der Waals surface area contributed by atoms with Crippen molar-refractivity contribution in [2.75, 3.05) is 0 Å². The monoisotopic (exact) mass is 241 g/mol. The molecule has 1 aromatic rings. The van der Waals surface area contributed by atoms with Gasteiger partial charge < -0.3 is 10.8 Å². The van der Waals surface area contributed by atoms with E-state index in [1.165, 1.54) is 6.07 Å². The zero-order chi connectivity index (χ0) is 10.9. The van der Waals surface area contributed by atoms with Crippen LogP contribution in [0.1, 0.15) is 24.1 Å². The molecule has 2 nitrogen and oxygen atoms in total. The molecule has 1 atom stereocenters. The van der Waals surface area contributed by atoms with E-state index in [1.807, 2.05) is 0 Å². The van der Waals surface area contributed by atoms with Crippen LogP contribution in [-0.4, -0.2) is 5.11 Å². The molecular weight excluding hydrogens is 231 g/mol. The third-order valence-corrected chi connectivity index (χ3v) is 1.79. The zero-order valence-corrected chi connectivity index (χ0v) is 8.69. The van der Waals surface area contributed by atoms with Crippen LogP contribution in [0, 0.1) is 0 Å². The summed E-state index contributed by atoms with van der Waals surface area (Å²) in [6.45, 7) is 1.55. The van der Waals surface area contributed by atoms with Gasteiger partial charge in [0.05, 0.1) is 5.56 Å². The van der Waals surface area contributed by atoms with E-state index in [4.69, 9.17) is 10.8 Å². The molecule has 6 heteroatoms. The van der Waals surface area contributed by atoms with Gasteiger partial charge >= 0.3 is 6.18 Å². The largest absolute Gasteiger partial charge is 0.508 e. The van der Waals surface area contributed by atoms with Gasteiger partial charge in [-0.2, -0.15) is 13.2 Å². The van der Waals surface area contributed by atoms with Crippen molar-refractivity contribution in [1.82, 2.24) is 0 Å². The molecule has 1 rings (SSSR count). The van der Waals surface area contributed by atoms with Gasteiger partial charge in [0.15, 0.2) is 0 Å². The van der Waals surface area contributed by atoms with Gasteiger partial charge in [0.1, 0.15) is 5.75 Å². The molecule has 1 aromatic carbocycles. The van der Waals surface area contributed by atoms with Crippen LogP contribution in [0.5, 0.6) is 5.75 Å². The van der Waals surface area contributed by atoms with Crippen LogP contribution in [0.15, 0.2) is 18.2 Å². The van der Waals surface area contributed by atoms with Crippen LogP contribution in [0.2, 0.25) is 0 Å². The first-order valence-electron chi connectivity index (χ1n) is 3.97. The molecule has 0 bridgehead atoms. The maximum Gasteiger partial charge on any atom is 0.416 e. The summed E-state index contributed by atoms with van der Waals surface area (Å²) in [5.41, 5.74) is 4.79. The van der Waals surface area contributed by atoms with Gasteiger partial charge in [-0.15, -0.1) is 12.4 Å². The third kappa shape index (κ3) is 3.60. The second-order valence-corrected chi connectivity index (χ2v) is 3.10. The fourth-order valence-corrected chi connectivity index (χ4v) is 1.06. The fraction of sp³-hybridized carbons (Fsp3) is 0.333. The average molecular weight is 242 g/mol. The molecule has 0 heterocycles. The van der Waals surface area contributed by atoms with Gasteiger partial charge in [0.2, 0.25) is 0 Å². The molecule has 0 radical (unpaired) electrons. The van der Waals surface area contributed by atoms with Gasteiger partial charge in [-0.1, -0.05) is 0 Å². The van der Waals surface area contributed by atoms with E-state index in [0.29, 0.717) is 6.07 Å². The second kappa shape index (κ2) is 4.72. The lowest BCUT2D eigenvalue weighted by atomic mass is 10.0. The highest BCUT2D eigenvalue weighted by molar-refractivity contribution is 5.85. The first-order valence-corrected chi connectivity index (χ1v) is 3.97. The summed E-state index contributed by atoms with van der Waals surface area (Å²) in [6.07, 6.45) is -4.46. The molecule has 0 aromatic heterocycles. The Hall–Kier alpha value is -0.940. The number of hydrogen-bond acceptors (Lipinski definition) is 2. The Morgan fingerprint density at radius 2 is 1.80 bits per heavy atom. The van der Waals surface area contributed by atoms with E-state index in [-0.39, 0.29) is 18.0 Å². The van der Waals surface area contributed by atoms with E-state index in [9.17, 15) is 13.2 Å². The Balaban J connectivity index is 0.00000196. The Labute approximate surface area is 91.3 Å². The Morgan fingerprint density at radius 3 is 2.20 bits per heavy atom. The predicted octanol–water partition coefficient (Wildman–Crippen LogP) is 2.85. The minimum absolute atomic E-state index is 0. The fourth-order valence-electron chi connectivity index (χ4n) is 1.06. The van der Waals surface area contributed by atoms with Gasteiger partial charge in [0, 0.05) is 6.04 Å². The van der Waals surface area contributed by atoms with Gasteiger partial charge in [-0.25, -0.2) is 0 Å². The highest BCUT2D eigenvalue weighted by Crippen LogP contribution is 2.33. The Bertz CT molecular complexity index is 339. The van der Waals surface area contributed by atoms with E-state index in [1.54, 1.807) is 6.92 Å². The summed E-state index contributed by atoms with van der Waals surface area (Å²) in [7, 11) is 0. The molecule has 3 N–H and O–H groups in total. The molecule has 0 amide bonds. The summed E-state index contributed by atoms with van der Waals surface area (Å²) < 4.78 is 36.8. The normalized spacial score (nSPS) is 13.1. The lowest BCUT2D eigenvalue weighted by Crippen LogP contribution is -2.09. The average Bonchev–Trinajstić information content (AvgIpc) is 2.01. The van der Waals surface area contributed by atoms with Crippen molar-refractivity contribution >= 4 is 12.4 Å². The zero-order valence-electron chi connectivity index (χ0n) is 7.88. The summed E-state index contributed by atoms with van der Waals surface area (Å²) >= 11 is 0.